The zero-order valence-corrected chi connectivity index (χ0v) is 16.2. The maximum absolute atomic E-state index is 13.5. The van der Waals surface area contributed by atoms with Crippen LogP contribution in [0.15, 0.2) is 66.7 Å². The van der Waals surface area contributed by atoms with Crippen LogP contribution in [-0.2, 0) is 6.54 Å². The molecule has 2 N–H and O–H groups in total. The molecule has 29 heavy (non-hydrogen) atoms. The Balaban J connectivity index is 1.53. The summed E-state index contributed by atoms with van der Waals surface area (Å²) in [5, 5.41) is 12.3. The molecule has 0 saturated heterocycles. The highest BCUT2D eigenvalue weighted by atomic mass is 19.1. The molecule has 0 unspecified atom stereocenters. The van der Waals surface area contributed by atoms with Crippen molar-refractivity contribution in [1.29, 1.82) is 0 Å². The number of hydrogen-bond acceptors (Lipinski definition) is 2. The lowest BCUT2D eigenvalue weighted by atomic mass is 10.1. The molecular weight excluding hydrogens is 367 g/mol. The van der Waals surface area contributed by atoms with E-state index in [1.807, 2.05) is 62.4 Å². The number of amides is 2. The maximum Gasteiger partial charge on any atom is 0.323 e. The minimum Gasteiger partial charge on any atom is -0.307 e. The first kappa shape index (κ1) is 18.7. The predicted octanol–water partition coefficient (Wildman–Crippen LogP) is 5.48. The van der Waals surface area contributed by atoms with Gasteiger partial charge in [0.25, 0.3) is 0 Å². The van der Waals surface area contributed by atoms with Gasteiger partial charge in [-0.3, -0.25) is 4.68 Å². The van der Waals surface area contributed by atoms with E-state index in [4.69, 9.17) is 0 Å². The summed E-state index contributed by atoms with van der Waals surface area (Å²) in [5.41, 5.74) is 3.70. The average molecular weight is 388 g/mol. The van der Waals surface area contributed by atoms with E-state index in [0.29, 0.717) is 17.9 Å². The number of rotatable bonds is 4. The van der Waals surface area contributed by atoms with Gasteiger partial charge in [0.1, 0.15) is 5.82 Å². The Bertz CT molecular complexity index is 1190. The number of nitrogens with one attached hydrogen (secondary N) is 2. The zero-order valence-electron chi connectivity index (χ0n) is 16.2. The van der Waals surface area contributed by atoms with Gasteiger partial charge in [-0.2, -0.15) is 5.10 Å². The molecule has 4 aromatic rings. The molecule has 1 heterocycles. The molecule has 4 rings (SSSR count). The smallest absolute Gasteiger partial charge is 0.307 e. The molecule has 0 radical (unpaired) electrons. The second-order valence-electron chi connectivity index (χ2n) is 6.94. The van der Waals surface area contributed by atoms with Crippen LogP contribution >= 0.6 is 0 Å². The summed E-state index contributed by atoms with van der Waals surface area (Å²) in [6, 6.07) is 19.7. The summed E-state index contributed by atoms with van der Waals surface area (Å²) in [6.45, 7) is 4.15. The van der Waals surface area contributed by atoms with E-state index in [-0.39, 0.29) is 11.8 Å². The Morgan fingerprint density at radius 1 is 1.00 bits per heavy atom. The summed E-state index contributed by atoms with van der Waals surface area (Å²) >= 11 is 0. The molecule has 146 valence electrons. The molecule has 0 aliphatic heterocycles. The Labute approximate surface area is 168 Å². The van der Waals surface area contributed by atoms with E-state index in [1.165, 1.54) is 12.1 Å². The number of carbonyl (C=O) groups excluding carboxylic acids is 1. The van der Waals surface area contributed by atoms with Crippen molar-refractivity contribution in [2.24, 2.45) is 0 Å². The van der Waals surface area contributed by atoms with Gasteiger partial charge in [0.05, 0.1) is 29.3 Å². The van der Waals surface area contributed by atoms with Crippen molar-refractivity contribution in [3.05, 3.63) is 89.5 Å². The van der Waals surface area contributed by atoms with E-state index in [0.717, 1.165) is 27.7 Å². The van der Waals surface area contributed by atoms with Crippen molar-refractivity contribution < 1.29 is 9.18 Å². The molecule has 0 saturated carbocycles. The van der Waals surface area contributed by atoms with Gasteiger partial charge < -0.3 is 10.6 Å². The number of urea groups is 1. The first-order valence-electron chi connectivity index (χ1n) is 9.35. The number of anilines is 2. The molecule has 0 fully saturated rings. The minimum absolute atomic E-state index is 0.281. The van der Waals surface area contributed by atoms with Gasteiger partial charge in [-0.1, -0.05) is 48.5 Å². The van der Waals surface area contributed by atoms with Crippen LogP contribution in [0.1, 0.15) is 17.0 Å². The summed E-state index contributed by atoms with van der Waals surface area (Å²) in [6.07, 6.45) is 0. The number of carbonyl (C=O) groups is 1. The molecule has 0 atom stereocenters. The summed E-state index contributed by atoms with van der Waals surface area (Å²) in [7, 11) is 0. The van der Waals surface area contributed by atoms with Crippen LogP contribution in [-0.4, -0.2) is 15.8 Å². The van der Waals surface area contributed by atoms with Gasteiger partial charge in [-0.25, -0.2) is 9.18 Å². The van der Waals surface area contributed by atoms with Crippen LogP contribution in [0, 0.1) is 19.7 Å². The fraction of sp³-hybridized carbons (Fsp3) is 0.130. The Morgan fingerprint density at radius 2 is 1.76 bits per heavy atom. The van der Waals surface area contributed by atoms with Crippen LogP contribution in [0.2, 0.25) is 0 Å². The second-order valence-corrected chi connectivity index (χ2v) is 6.94. The van der Waals surface area contributed by atoms with Crippen LogP contribution in [0.4, 0.5) is 20.6 Å². The topological polar surface area (TPSA) is 59.0 Å². The van der Waals surface area contributed by atoms with Gasteiger partial charge >= 0.3 is 6.03 Å². The first-order chi connectivity index (χ1) is 14.0. The lowest BCUT2D eigenvalue weighted by Crippen LogP contribution is -2.20. The van der Waals surface area contributed by atoms with E-state index in [2.05, 4.69) is 15.7 Å². The molecule has 0 aliphatic carbocycles. The fourth-order valence-corrected chi connectivity index (χ4v) is 3.44. The third-order valence-electron chi connectivity index (χ3n) is 4.88. The number of hydrogen-bond donors (Lipinski definition) is 2. The average Bonchev–Trinajstić information content (AvgIpc) is 2.96. The number of halogens is 1. The van der Waals surface area contributed by atoms with Crippen molar-refractivity contribution in [3.8, 4) is 0 Å². The normalized spacial score (nSPS) is 10.9. The highest BCUT2D eigenvalue weighted by Crippen LogP contribution is 2.24. The third kappa shape index (κ3) is 3.96. The number of nitrogens with zero attached hydrogens (tertiary/aromatic N) is 2. The molecule has 0 bridgehead atoms. The molecule has 5 nitrogen and oxygen atoms in total. The van der Waals surface area contributed by atoms with Gasteiger partial charge in [0.15, 0.2) is 0 Å². The quantitative estimate of drug-likeness (QED) is 0.486. The fourth-order valence-electron chi connectivity index (χ4n) is 3.44. The first-order valence-corrected chi connectivity index (χ1v) is 9.35. The van der Waals surface area contributed by atoms with Crippen LogP contribution in [0.5, 0.6) is 0 Å². The molecular formula is C23H21FN4O. The van der Waals surface area contributed by atoms with Crippen molar-refractivity contribution in [2.75, 3.05) is 10.6 Å². The number of aromatic nitrogens is 2. The summed E-state index contributed by atoms with van der Waals surface area (Å²) < 4.78 is 15.2. The summed E-state index contributed by atoms with van der Waals surface area (Å²) in [4.78, 5) is 12.6. The largest absolute Gasteiger partial charge is 0.323 e. The highest BCUT2D eigenvalue weighted by molar-refractivity contribution is 6.06. The van der Waals surface area contributed by atoms with E-state index >= 15 is 0 Å². The van der Waals surface area contributed by atoms with Crippen LogP contribution < -0.4 is 10.6 Å². The minimum atomic E-state index is -0.335. The third-order valence-corrected chi connectivity index (χ3v) is 4.88. The van der Waals surface area contributed by atoms with E-state index in [1.54, 1.807) is 10.7 Å². The van der Waals surface area contributed by atoms with Crippen molar-refractivity contribution in [2.45, 2.75) is 20.4 Å². The lowest BCUT2D eigenvalue weighted by molar-refractivity contribution is 0.262. The highest BCUT2D eigenvalue weighted by Gasteiger charge is 2.15. The Kier molecular flexibility index (Phi) is 4.99. The van der Waals surface area contributed by atoms with Crippen LogP contribution in [0.25, 0.3) is 10.8 Å². The number of aryl methyl sites for hydroxylation is 1. The zero-order chi connectivity index (χ0) is 20.4. The molecule has 6 heteroatoms. The lowest BCUT2D eigenvalue weighted by Gasteiger charge is -2.11. The number of benzene rings is 3. The van der Waals surface area contributed by atoms with Gasteiger partial charge in [0, 0.05) is 5.39 Å². The second kappa shape index (κ2) is 7.75. The molecule has 2 amide bonds. The molecule has 0 spiro atoms. The SMILES string of the molecule is Cc1nn(Cc2cccc(F)c2)c(C)c1NC(=O)Nc1cccc2ccccc12. The van der Waals surface area contributed by atoms with Gasteiger partial charge in [0.2, 0.25) is 0 Å². The molecule has 0 aliphatic rings. The molecule has 1 aromatic heterocycles. The number of fused-ring (bicyclic) bond motifs is 1. The van der Waals surface area contributed by atoms with Crippen molar-refractivity contribution in [1.82, 2.24) is 9.78 Å². The Morgan fingerprint density at radius 3 is 2.59 bits per heavy atom. The van der Waals surface area contributed by atoms with E-state index in [9.17, 15) is 9.18 Å². The van der Waals surface area contributed by atoms with Gasteiger partial charge in [-0.05, 0) is 43.0 Å². The molecule has 3 aromatic carbocycles. The van der Waals surface area contributed by atoms with Crippen molar-refractivity contribution >= 4 is 28.2 Å². The van der Waals surface area contributed by atoms with Crippen LogP contribution in [0.3, 0.4) is 0 Å². The Hall–Kier alpha value is -3.67. The monoisotopic (exact) mass is 388 g/mol. The van der Waals surface area contributed by atoms with E-state index < -0.39 is 0 Å². The standard InChI is InChI=1S/C23H21FN4O/c1-15-22(16(2)28(27-15)14-17-7-5-10-19(24)13-17)26-23(29)25-21-12-6-9-18-8-3-4-11-20(18)21/h3-13H,14H2,1-2H3,(H2,25,26,29). The predicted molar refractivity (Wildman–Crippen MR) is 114 cm³/mol. The van der Waals surface area contributed by atoms with Gasteiger partial charge in [-0.15, -0.1) is 0 Å². The summed E-state index contributed by atoms with van der Waals surface area (Å²) in [5.74, 6) is -0.281. The maximum atomic E-state index is 13.5. The van der Waals surface area contributed by atoms with Crippen molar-refractivity contribution in [3.63, 3.8) is 0 Å².